The summed E-state index contributed by atoms with van der Waals surface area (Å²) in [4.78, 5) is 47.3. The number of hydrogen-bond acceptors (Lipinski definition) is 6. The summed E-state index contributed by atoms with van der Waals surface area (Å²) in [6, 6.07) is 0. The molecule has 0 fully saturated rings. The van der Waals surface area contributed by atoms with Gasteiger partial charge in [-0.1, -0.05) is 71.4 Å². The predicted octanol–water partition coefficient (Wildman–Crippen LogP) is 1.61. The van der Waals surface area contributed by atoms with Crippen LogP contribution in [-0.4, -0.2) is 81.2 Å². The molecule has 0 aliphatic carbocycles. The number of rotatable bonds is 25. The quantitative estimate of drug-likeness (QED) is 0.0495. The van der Waals surface area contributed by atoms with Crippen molar-refractivity contribution < 1.29 is 57.1 Å². The highest BCUT2D eigenvalue weighted by molar-refractivity contribution is 5.87. The van der Waals surface area contributed by atoms with E-state index in [4.69, 9.17) is 9.47 Å². The van der Waals surface area contributed by atoms with Crippen LogP contribution in [0.3, 0.4) is 0 Å². The van der Waals surface area contributed by atoms with E-state index in [9.17, 15) is 19.2 Å². The van der Waals surface area contributed by atoms with Gasteiger partial charge in [-0.15, -0.1) is 0 Å². The number of ether oxygens (including phenoxy) is 2. The van der Waals surface area contributed by atoms with Gasteiger partial charge in [0, 0.05) is 11.1 Å². The minimum absolute atomic E-state index is 0. The van der Waals surface area contributed by atoms with Crippen molar-refractivity contribution in [3.8, 4) is 0 Å². The Kier molecular flexibility index (Phi) is 25.9. The highest BCUT2D eigenvalue weighted by atomic mass is 127. The fourth-order valence-electron chi connectivity index (χ4n) is 4.14. The number of nitrogens with zero attached hydrogens (tertiary/aromatic N) is 1. The van der Waals surface area contributed by atoms with Gasteiger partial charge in [-0.3, -0.25) is 9.59 Å². The van der Waals surface area contributed by atoms with Crippen molar-refractivity contribution in [3.63, 3.8) is 0 Å². The van der Waals surface area contributed by atoms with E-state index in [2.05, 4.69) is 37.8 Å². The number of quaternary nitrogens is 1. The van der Waals surface area contributed by atoms with Crippen molar-refractivity contribution in [1.82, 2.24) is 10.6 Å². The Balaban J connectivity index is 0. The number of carbonyl (C=O) groups is 4. The highest BCUT2D eigenvalue weighted by Crippen LogP contribution is 2.12. The van der Waals surface area contributed by atoms with Gasteiger partial charge in [0.2, 0.25) is 11.8 Å². The van der Waals surface area contributed by atoms with E-state index < -0.39 is 11.9 Å². The van der Waals surface area contributed by atoms with Crippen molar-refractivity contribution in [2.45, 2.75) is 97.8 Å². The standard InChI is InChI=1S/C31H55N3O6.HI/c1-7-8-9-10-11-12-13-14-15-16-21-34(6,22-19-32-28(35)17-24-39-30(37)26(2)3)23-20-33-29(36)18-25-40-31(38)27(4)5;/h2,4,7-25H2,1,3,5-6H3,(H-,32,33,35,36);1H. The predicted molar refractivity (Wildman–Crippen MR) is 159 cm³/mol. The first-order chi connectivity index (χ1) is 19.0. The zero-order valence-electron chi connectivity index (χ0n) is 26.1. The fourth-order valence-corrected chi connectivity index (χ4v) is 4.14. The number of hydrogen-bond donors (Lipinski definition) is 2. The van der Waals surface area contributed by atoms with E-state index in [1.165, 1.54) is 57.8 Å². The van der Waals surface area contributed by atoms with Crippen LogP contribution in [0.15, 0.2) is 24.3 Å². The lowest BCUT2D eigenvalue weighted by Gasteiger charge is -2.35. The lowest BCUT2D eigenvalue weighted by molar-refractivity contribution is -0.907. The number of halogens is 1. The van der Waals surface area contributed by atoms with Crippen LogP contribution in [0.5, 0.6) is 0 Å². The van der Waals surface area contributed by atoms with Gasteiger partial charge in [-0.05, 0) is 26.7 Å². The summed E-state index contributed by atoms with van der Waals surface area (Å²) in [5, 5.41) is 5.83. The lowest BCUT2D eigenvalue weighted by atomic mass is 10.1. The third-order valence-electron chi connectivity index (χ3n) is 6.82. The molecule has 0 spiro atoms. The maximum absolute atomic E-state index is 12.2. The molecule has 0 unspecified atom stereocenters. The van der Waals surface area contributed by atoms with Crippen LogP contribution in [0.25, 0.3) is 0 Å². The molecule has 0 aromatic heterocycles. The van der Waals surface area contributed by atoms with Crippen LogP contribution in [-0.2, 0) is 28.7 Å². The van der Waals surface area contributed by atoms with Crippen LogP contribution in [0.2, 0.25) is 0 Å². The molecule has 0 aliphatic heterocycles. The van der Waals surface area contributed by atoms with Crippen LogP contribution in [0, 0.1) is 0 Å². The van der Waals surface area contributed by atoms with E-state index in [0.717, 1.165) is 26.1 Å². The molecule has 0 aliphatic rings. The average Bonchev–Trinajstić information content (AvgIpc) is 2.89. The van der Waals surface area contributed by atoms with Gasteiger partial charge in [0.1, 0.15) is 13.2 Å². The van der Waals surface area contributed by atoms with Crippen molar-refractivity contribution in [2.75, 3.05) is 53.0 Å². The van der Waals surface area contributed by atoms with Gasteiger partial charge in [0.25, 0.3) is 0 Å². The number of unbranched alkanes of at least 4 members (excludes halogenated alkanes) is 9. The summed E-state index contributed by atoms with van der Waals surface area (Å²) in [6.07, 6.45) is 12.9. The second-order valence-electron chi connectivity index (χ2n) is 11.0. The van der Waals surface area contributed by atoms with Crippen molar-refractivity contribution in [2.24, 2.45) is 0 Å². The van der Waals surface area contributed by atoms with Gasteiger partial charge in [-0.25, -0.2) is 9.59 Å². The molecule has 0 heterocycles. The lowest BCUT2D eigenvalue weighted by Crippen LogP contribution is -3.00. The molecule has 2 amide bonds. The summed E-state index contributed by atoms with van der Waals surface area (Å²) >= 11 is 0. The maximum Gasteiger partial charge on any atom is 0.333 e. The third-order valence-corrected chi connectivity index (χ3v) is 6.82. The van der Waals surface area contributed by atoms with E-state index in [1.54, 1.807) is 13.8 Å². The molecule has 9 nitrogen and oxygen atoms in total. The SMILES string of the molecule is C=C(C)C(=O)OCCC(=O)NCC[N+](C)(CCCCCCCCCCCC)CCNC(=O)CCOC(=O)C(=C)C.[I-]. The van der Waals surface area contributed by atoms with Gasteiger partial charge in [-0.2, -0.15) is 0 Å². The van der Waals surface area contributed by atoms with Crippen LogP contribution in [0.4, 0.5) is 0 Å². The Morgan fingerprint density at radius 2 is 1.00 bits per heavy atom. The summed E-state index contributed by atoms with van der Waals surface area (Å²) < 4.78 is 10.7. The first kappa shape index (κ1) is 41.2. The Labute approximate surface area is 265 Å². The van der Waals surface area contributed by atoms with E-state index in [-0.39, 0.29) is 61.8 Å². The Morgan fingerprint density at radius 1 is 0.634 bits per heavy atom. The molecule has 2 N–H and O–H groups in total. The van der Waals surface area contributed by atoms with Crippen molar-refractivity contribution in [3.05, 3.63) is 24.3 Å². The highest BCUT2D eigenvalue weighted by Gasteiger charge is 2.21. The molecule has 41 heavy (non-hydrogen) atoms. The minimum atomic E-state index is -0.496. The number of esters is 2. The molecular formula is C31H56IN3O6. The van der Waals surface area contributed by atoms with Gasteiger partial charge < -0.3 is 48.6 Å². The van der Waals surface area contributed by atoms with E-state index in [1.807, 2.05) is 0 Å². The molecular weight excluding hydrogens is 637 g/mol. The topological polar surface area (TPSA) is 111 Å². The smallest absolute Gasteiger partial charge is 0.333 e. The first-order valence-electron chi connectivity index (χ1n) is 15.0. The first-order valence-corrected chi connectivity index (χ1v) is 15.0. The monoisotopic (exact) mass is 693 g/mol. The van der Waals surface area contributed by atoms with Crippen molar-refractivity contribution >= 4 is 23.8 Å². The molecule has 0 aromatic carbocycles. The van der Waals surface area contributed by atoms with Gasteiger partial charge in [0.15, 0.2) is 0 Å². The second kappa shape index (κ2) is 25.7. The van der Waals surface area contributed by atoms with Gasteiger partial charge >= 0.3 is 11.9 Å². The number of nitrogens with one attached hydrogen (secondary N) is 2. The molecule has 0 saturated heterocycles. The van der Waals surface area contributed by atoms with Crippen LogP contribution in [0.1, 0.15) is 97.8 Å². The molecule has 0 radical (unpaired) electrons. The van der Waals surface area contributed by atoms with E-state index >= 15 is 0 Å². The minimum Gasteiger partial charge on any atom is -1.00 e. The second-order valence-corrected chi connectivity index (χ2v) is 11.0. The molecule has 0 saturated carbocycles. The third kappa shape index (κ3) is 24.4. The summed E-state index contributed by atoms with van der Waals surface area (Å²) in [5.41, 5.74) is 0.612. The zero-order chi connectivity index (χ0) is 30.2. The molecule has 0 rings (SSSR count). The maximum atomic E-state index is 12.2. The van der Waals surface area contributed by atoms with Gasteiger partial charge in [0.05, 0.1) is 52.6 Å². The fraction of sp³-hybridized carbons (Fsp3) is 0.742. The molecule has 10 heteroatoms. The summed E-state index contributed by atoms with van der Waals surface area (Å²) in [6.45, 7) is 15.9. The van der Waals surface area contributed by atoms with Crippen LogP contribution < -0.4 is 34.6 Å². The molecule has 0 atom stereocenters. The Morgan fingerprint density at radius 3 is 1.37 bits per heavy atom. The number of amides is 2. The molecule has 0 bridgehead atoms. The zero-order valence-corrected chi connectivity index (χ0v) is 28.3. The average molecular weight is 694 g/mol. The number of likely N-dealkylation sites (N-methyl/N-ethyl adjacent to an activating group) is 1. The summed E-state index contributed by atoms with van der Waals surface area (Å²) in [5.74, 6) is -1.33. The summed E-state index contributed by atoms with van der Waals surface area (Å²) in [7, 11) is 2.15. The van der Waals surface area contributed by atoms with Crippen LogP contribution >= 0.6 is 0 Å². The Bertz CT molecular complexity index is 753. The largest absolute Gasteiger partial charge is 1.00 e. The van der Waals surface area contributed by atoms with Crippen molar-refractivity contribution in [1.29, 1.82) is 0 Å². The normalized spacial score (nSPS) is 10.7. The molecule has 238 valence electrons. The van der Waals surface area contributed by atoms with E-state index in [0.29, 0.717) is 28.7 Å². The Hall–Kier alpha value is -1.95. The number of carbonyl (C=O) groups excluding carboxylic acids is 4. The molecule has 0 aromatic rings.